The lowest BCUT2D eigenvalue weighted by Crippen LogP contribution is -2.64. The van der Waals surface area contributed by atoms with E-state index in [2.05, 4.69) is 4.98 Å². The van der Waals surface area contributed by atoms with Crippen LogP contribution in [0.4, 0.5) is 0 Å². The third-order valence-electron chi connectivity index (χ3n) is 3.51. The summed E-state index contributed by atoms with van der Waals surface area (Å²) in [6.07, 6.45) is 4.90. The average molecular weight is 254 g/mol. The summed E-state index contributed by atoms with van der Waals surface area (Å²) >= 11 is 0. The number of rotatable bonds is 3. The molecule has 0 unspecified atom stereocenters. The minimum atomic E-state index is -3.47. The Morgan fingerprint density at radius 3 is 2.65 bits per heavy atom. The van der Waals surface area contributed by atoms with Crippen LogP contribution in [0.1, 0.15) is 12.8 Å². The van der Waals surface area contributed by atoms with Crippen molar-refractivity contribution in [1.29, 1.82) is 0 Å². The van der Waals surface area contributed by atoms with Crippen LogP contribution in [0.15, 0.2) is 29.4 Å². The van der Waals surface area contributed by atoms with Gasteiger partial charge in [-0.25, -0.2) is 8.42 Å². The van der Waals surface area contributed by atoms with E-state index in [1.165, 1.54) is 22.8 Å². The van der Waals surface area contributed by atoms with E-state index >= 15 is 0 Å². The van der Waals surface area contributed by atoms with Gasteiger partial charge < -0.3 is 5.11 Å². The van der Waals surface area contributed by atoms with Crippen molar-refractivity contribution in [2.45, 2.75) is 23.3 Å². The largest absolute Gasteiger partial charge is 0.387 e. The van der Waals surface area contributed by atoms with E-state index in [1.54, 1.807) is 6.07 Å². The Morgan fingerprint density at radius 2 is 2.12 bits per heavy atom. The molecule has 92 valence electrons. The number of nitrogens with zero attached hydrogens (tertiary/aromatic N) is 2. The molecule has 0 atom stereocenters. The van der Waals surface area contributed by atoms with Gasteiger partial charge in [-0.1, -0.05) is 0 Å². The van der Waals surface area contributed by atoms with Crippen LogP contribution in [0, 0.1) is 5.92 Å². The van der Waals surface area contributed by atoms with Crippen LogP contribution in [-0.2, 0) is 10.0 Å². The first kappa shape index (κ1) is 11.1. The van der Waals surface area contributed by atoms with E-state index < -0.39 is 15.6 Å². The number of pyridine rings is 1. The summed E-state index contributed by atoms with van der Waals surface area (Å²) in [5.41, 5.74) is -0.782. The van der Waals surface area contributed by atoms with Crippen molar-refractivity contribution in [3.8, 4) is 0 Å². The van der Waals surface area contributed by atoms with Crippen molar-refractivity contribution in [2.24, 2.45) is 5.92 Å². The summed E-state index contributed by atoms with van der Waals surface area (Å²) in [5.74, 6) is 0.294. The molecule has 2 heterocycles. The topological polar surface area (TPSA) is 70.5 Å². The van der Waals surface area contributed by atoms with Gasteiger partial charge in [0.15, 0.2) is 0 Å². The predicted octanol–water partition coefficient (Wildman–Crippen LogP) is 0.227. The maximum atomic E-state index is 12.1. The summed E-state index contributed by atoms with van der Waals surface area (Å²) < 4.78 is 25.6. The lowest BCUT2D eigenvalue weighted by Gasteiger charge is -2.45. The number of sulfonamides is 1. The normalized spacial score (nSPS) is 24.3. The molecule has 1 saturated heterocycles. The fourth-order valence-corrected chi connectivity index (χ4v) is 3.79. The monoisotopic (exact) mass is 254 g/mol. The second-order valence-electron chi connectivity index (χ2n) is 4.84. The molecule has 1 aromatic rings. The third kappa shape index (κ3) is 1.76. The lowest BCUT2D eigenvalue weighted by molar-refractivity contribution is -0.0764. The standard InChI is InChI=1S/C11H14N2O3S/c14-11(9-3-4-9)7-13(8-11)17(15,16)10-2-1-5-12-6-10/h1-2,5-6,9,14H,3-4,7-8H2. The first-order valence-corrected chi connectivity index (χ1v) is 7.09. The summed E-state index contributed by atoms with van der Waals surface area (Å²) in [6.45, 7) is 0.434. The summed E-state index contributed by atoms with van der Waals surface area (Å²) in [6, 6.07) is 3.12. The third-order valence-corrected chi connectivity index (χ3v) is 5.29. The number of aromatic nitrogens is 1. The zero-order valence-corrected chi connectivity index (χ0v) is 10.1. The molecular formula is C11H14N2O3S. The van der Waals surface area contributed by atoms with Crippen molar-refractivity contribution < 1.29 is 13.5 Å². The molecule has 1 N–H and O–H groups in total. The van der Waals surface area contributed by atoms with E-state index in [0.717, 1.165) is 12.8 Å². The molecule has 1 saturated carbocycles. The van der Waals surface area contributed by atoms with Gasteiger partial charge in [-0.3, -0.25) is 4.98 Å². The second kappa shape index (κ2) is 3.51. The quantitative estimate of drug-likeness (QED) is 0.838. The van der Waals surface area contributed by atoms with Crippen molar-refractivity contribution in [2.75, 3.05) is 13.1 Å². The molecule has 0 radical (unpaired) electrons. The highest BCUT2D eigenvalue weighted by molar-refractivity contribution is 7.89. The van der Waals surface area contributed by atoms with Crippen LogP contribution < -0.4 is 0 Å². The Kier molecular flexibility index (Phi) is 2.30. The van der Waals surface area contributed by atoms with Gasteiger partial charge in [0.1, 0.15) is 4.90 Å². The molecular weight excluding hydrogens is 240 g/mol. The lowest BCUT2D eigenvalue weighted by atomic mass is 9.91. The average Bonchev–Trinajstić information content (AvgIpc) is 3.10. The molecule has 2 aliphatic rings. The van der Waals surface area contributed by atoms with Gasteiger partial charge in [-0.15, -0.1) is 0 Å². The van der Waals surface area contributed by atoms with E-state index in [-0.39, 0.29) is 18.0 Å². The van der Waals surface area contributed by atoms with Crippen LogP contribution in [0.2, 0.25) is 0 Å². The molecule has 17 heavy (non-hydrogen) atoms. The van der Waals surface area contributed by atoms with Gasteiger partial charge in [0.2, 0.25) is 10.0 Å². The Hall–Kier alpha value is -0.980. The van der Waals surface area contributed by atoms with Crippen LogP contribution in [0.25, 0.3) is 0 Å². The first-order chi connectivity index (χ1) is 8.02. The zero-order chi connectivity index (χ0) is 12.1. The molecule has 6 heteroatoms. The fourth-order valence-electron chi connectivity index (χ4n) is 2.26. The Balaban J connectivity index is 1.78. The van der Waals surface area contributed by atoms with Crippen molar-refractivity contribution in [3.63, 3.8) is 0 Å². The van der Waals surface area contributed by atoms with Crippen LogP contribution in [-0.4, -0.2) is 41.5 Å². The minimum absolute atomic E-state index is 0.192. The maximum absolute atomic E-state index is 12.1. The molecule has 5 nitrogen and oxygen atoms in total. The highest BCUT2D eigenvalue weighted by Gasteiger charge is 2.55. The molecule has 0 amide bonds. The molecule has 1 aromatic heterocycles. The van der Waals surface area contributed by atoms with E-state index in [1.807, 2.05) is 0 Å². The van der Waals surface area contributed by atoms with Crippen molar-refractivity contribution >= 4 is 10.0 Å². The van der Waals surface area contributed by atoms with Crippen LogP contribution in [0.3, 0.4) is 0 Å². The molecule has 1 aliphatic heterocycles. The molecule has 1 aliphatic carbocycles. The fraction of sp³-hybridized carbons (Fsp3) is 0.545. The van der Waals surface area contributed by atoms with Gasteiger partial charge in [-0.2, -0.15) is 4.31 Å². The highest BCUT2D eigenvalue weighted by Crippen LogP contribution is 2.45. The number of aliphatic hydroxyl groups is 1. The SMILES string of the molecule is O=S(=O)(c1cccnc1)N1CC(O)(C2CC2)C1. The van der Waals surface area contributed by atoms with Gasteiger partial charge >= 0.3 is 0 Å². The van der Waals surface area contributed by atoms with Crippen molar-refractivity contribution in [1.82, 2.24) is 9.29 Å². The van der Waals surface area contributed by atoms with Crippen molar-refractivity contribution in [3.05, 3.63) is 24.5 Å². The summed E-state index contributed by atoms with van der Waals surface area (Å²) in [7, 11) is -3.47. The predicted molar refractivity (Wildman–Crippen MR) is 60.7 cm³/mol. The molecule has 0 aromatic carbocycles. The number of hydrogen-bond acceptors (Lipinski definition) is 4. The molecule has 0 bridgehead atoms. The number of β-amino-alcohol motifs (C(OH)–C–C–N with tert-alkyl or cyclic N) is 1. The Bertz CT molecular complexity index is 519. The first-order valence-electron chi connectivity index (χ1n) is 5.65. The molecule has 2 fully saturated rings. The van der Waals surface area contributed by atoms with Crippen LogP contribution >= 0.6 is 0 Å². The molecule has 0 spiro atoms. The van der Waals surface area contributed by atoms with Gasteiger partial charge in [0, 0.05) is 25.5 Å². The summed E-state index contributed by atoms with van der Waals surface area (Å²) in [4.78, 5) is 4.00. The van der Waals surface area contributed by atoms with Crippen LogP contribution in [0.5, 0.6) is 0 Å². The van der Waals surface area contributed by atoms with Gasteiger partial charge in [0.25, 0.3) is 0 Å². The smallest absolute Gasteiger partial charge is 0.244 e. The zero-order valence-electron chi connectivity index (χ0n) is 9.28. The van der Waals surface area contributed by atoms with E-state index in [4.69, 9.17) is 0 Å². The Morgan fingerprint density at radius 1 is 1.41 bits per heavy atom. The number of hydrogen-bond donors (Lipinski definition) is 1. The highest BCUT2D eigenvalue weighted by atomic mass is 32.2. The van der Waals surface area contributed by atoms with Gasteiger partial charge in [0.05, 0.1) is 5.60 Å². The summed E-state index contributed by atoms with van der Waals surface area (Å²) in [5, 5.41) is 10.1. The van der Waals surface area contributed by atoms with Gasteiger partial charge in [-0.05, 0) is 30.9 Å². The minimum Gasteiger partial charge on any atom is -0.387 e. The maximum Gasteiger partial charge on any atom is 0.244 e. The Labute approximate surface area is 100 Å². The molecule has 3 rings (SSSR count). The van der Waals surface area contributed by atoms with E-state index in [9.17, 15) is 13.5 Å². The van der Waals surface area contributed by atoms with E-state index in [0.29, 0.717) is 5.92 Å². The second-order valence-corrected chi connectivity index (χ2v) is 6.78.